The van der Waals surface area contributed by atoms with Crippen molar-refractivity contribution in [1.82, 2.24) is 19.8 Å². The predicted molar refractivity (Wildman–Crippen MR) is 117 cm³/mol. The van der Waals surface area contributed by atoms with Crippen LogP contribution >= 0.6 is 0 Å². The zero-order chi connectivity index (χ0) is 19.9. The fraction of sp³-hybridized carbons (Fsp3) is 0.417. The number of amides is 1. The van der Waals surface area contributed by atoms with Gasteiger partial charge in [-0.15, -0.1) is 0 Å². The van der Waals surface area contributed by atoms with Gasteiger partial charge < -0.3 is 14.8 Å². The summed E-state index contributed by atoms with van der Waals surface area (Å²) in [5.74, 6) is 0.138. The van der Waals surface area contributed by atoms with E-state index in [-0.39, 0.29) is 11.9 Å². The Kier molecular flexibility index (Phi) is 6.57. The van der Waals surface area contributed by atoms with E-state index in [0.29, 0.717) is 13.0 Å². The Labute approximate surface area is 172 Å². The summed E-state index contributed by atoms with van der Waals surface area (Å²) in [6, 6.07) is 19.0. The topological polar surface area (TPSA) is 50.2 Å². The van der Waals surface area contributed by atoms with Gasteiger partial charge in [-0.25, -0.2) is 4.98 Å². The lowest BCUT2D eigenvalue weighted by Crippen LogP contribution is -2.48. The number of carbonyl (C=O) groups excluding carboxylic acids is 1. The second-order valence-electron chi connectivity index (χ2n) is 7.97. The average Bonchev–Trinajstić information content (AvgIpc) is 3.17. The van der Waals surface area contributed by atoms with Gasteiger partial charge in [0.05, 0.1) is 17.4 Å². The second-order valence-corrected chi connectivity index (χ2v) is 7.97. The molecule has 1 atom stereocenters. The summed E-state index contributed by atoms with van der Waals surface area (Å²) >= 11 is 0. The maximum atomic E-state index is 12.5. The maximum absolute atomic E-state index is 12.5. The molecule has 1 aliphatic heterocycles. The van der Waals surface area contributed by atoms with Gasteiger partial charge in [0.2, 0.25) is 5.91 Å². The molecule has 1 saturated heterocycles. The van der Waals surface area contributed by atoms with E-state index in [4.69, 9.17) is 0 Å². The van der Waals surface area contributed by atoms with Crippen LogP contribution in [0.4, 0.5) is 0 Å². The first-order chi connectivity index (χ1) is 14.3. The van der Waals surface area contributed by atoms with Crippen LogP contribution in [0.3, 0.4) is 0 Å². The molecule has 2 heterocycles. The van der Waals surface area contributed by atoms with Crippen LogP contribution in [0.15, 0.2) is 60.9 Å². The number of rotatable bonds is 8. The molecule has 0 aliphatic carbocycles. The Morgan fingerprint density at radius 1 is 1.07 bits per heavy atom. The van der Waals surface area contributed by atoms with Crippen molar-refractivity contribution < 1.29 is 4.79 Å². The van der Waals surface area contributed by atoms with Crippen molar-refractivity contribution in [2.45, 2.75) is 44.7 Å². The van der Waals surface area contributed by atoms with Crippen molar-refractivity contribution in [2.24, 2.45) is 0 Å². The van der Waals surface area contributed by atoms with E-state index in [1.807, 2.05) is 24.5 Å². The SMILES string of the molecule is O=C(CCn1cnc2ccccc21)NC1CCCN(CCCc2ccccc2)C1. The molecule has 4 rings (SSSR count). The molecule has 1 N–H and O–H groups in total. The van der Waals surface area contributed by atoms with E-state index in [1.165, 1.54) is 12.0 Å². The van der Waals surface area contributed by atoms with Crippen molar-refractivity contribution in [1.29, 1.82) is 0 Å². The van der Waals surface area contributed by atoms with Crippen molar-refractivity contribution >= 4 is 16.9 Å². The zero-order valence-electron chi connectivity index (χ0n) is 17.0. The molecule has 5 heteroatoms. The number of aryl methyl sites for hydroxylation is 2. The van der Waals surface area contributed by atoms with Crippen LogP contribution in [0.5, 0.6) is 0 Å². The molecule has 1 fully saturated rings. The molecule has 1 aromatic heterocycles. The highest BCUT2D eigenvalue weighted by atomic mass is 16.1. The second kappa shape index (κ2) is 9.70. The Morgan fingerprint density at radius 3 is 2.79 bits per heavy atom. The Morgan fingerprint density at radius 2 is 1.90 bits per heavy atom. The number of fused-ring (bicyclic) bond motifs is 1. The standard InChI is InChI=1S/C24H30N4O/c29-24(14-17-28-19-25-22-12-4-5-13-23(22)28)26-21-11-7-16-27(18-21)15-6-10-20-8-2-1-3-9-20/h1-5,8-9,12-13,19,21H,6-7,10-11,14-18H2,(H,26,29). The van der Waals surface area contributed by atoms with Crippen LogP contribution in [0.25, 0.3) is 11.0 Å². The lowest BCUT2D eigenvalue weighted by molar-refractivity contribution is -0.122. The van der Waals surface area contributed by atoms with Gasteiger partial charge in [-0.2, -0.15) is 0 Å². The number of imidazole rings is 1. The third-order valence-corrected chi connectivity index (χ3v) is 5.76. The summed E-state index contributed by atoms with van der Waals surface area (Å²) in [5, 5.41) is 3.25. The highest BCUT2D eigenvalue weighted by Gasteiger charge is 2.21. The maximum Gasteiger partial charge on any atom is 0.222 e. The molecule has 0 saturated carbocycles. The number of carbonyl (C=O) groups is 1. The molecular weight excluding hydrogens is 360 g/mol. The Bertz CT molecular complexity index is 921. The summed E-state index contributed by atoms with van der Waals surface area (Å²) in [7, 11) is 0. The number of hydrogen-bond donors (Lipinski definition) is 1. The van der Waals surface area contributed by atoms with Gasteiger partial charge in [-0.05, 0) is 56.5 Å². The summed E-state index contributed by atoms with van der Waals surface area (Å²) in [5.41, 5.74) is 3.47. The van der Waals surface area contributed by atoms with Crippen LogP contribution in [0.2, 0.25) is 0 Å². The minimum atomic E-state index is 0.138. The van der Waals surface area contributed by atoms with E-state index in [0.717, 1.165) is 49.9 Å². The van der Waals surface area contributed by atoms with E-state index in [9.17, 15) is 4.79 Å². The molecule has 5 nitrogen and oxygen atoms in total. The number of hydrogen-bond acceptors (Lipinski definition) is 3. The molecule has 152 valence electrons. The van der Waals surface area contributed by atoms with Gasteiger partial charge in [0.1, 0.15) is 0 Å². The minimum absolute atomic E-state index is 0.138. The van der Waals surface area contributed by atoms with Crippen LogP contribution in [0, 0.1) is 0 Å². The molecule has 3 aromatic rings. The molecular formula is C24H30N4O. The lowest BCUT2D eigenvalue weighted by Gasteiger charge is -2.33. The van der Waals surface area contributed by atoms with Crippen LogP contribution in [-0.2, 0) is 17.8 Å². The van der Waals surface area contributed by atoms with E-state index < -0.39 is 0 Å². The van der Waals surface area contributed by atoms with Crippen molar-refractivity contribution in [3.8, 4) is 0 Å². The van der Waals surface area contributed by atoms with Crippen LogP contribution < -0.4 is 5.32 Å². The van der Waals surface area contributed by atoms with Crippen molar-refractivity contribution in [2.75, 3.05) is 19.6 Å². The van der Waals surface area contributed by atoms with Gasteiger partial charge in [-0.1, -0.05) is 42.5 Å². The number of aromatic nitrogens is 2. The molecule has 1 unspecified atom stereocenters. The smallest absolute Gasteiger partial charge is 0.222 e. The van der Waals surface area contributed by atoms with Gasteiger partial charge in [-0.3, -0.25) is 4.79 Å². The third kappa shape index (κ3) is 5.45. The van der Waals surface area contributed by atoms with Crippen molar-refractivity contribution in [3.05, 3.63) is 66.5 Å². The number of para-hydroxylation sites is 2. The first-order valence-corrected chi connectivity index (χ1v) is 10.7. The number of nitrogens with one attached hydrogen (secondary N) is 1. The van der Waals surface area contributed by atoms with Gasteiger partial charge in [0, 0.05) is 25.6 Å². The third-order valence-electron chi connectivity index (χ3n) is 5.76. The lowest BCUT2D eigenvalue weighted by atomic mass is 10.0. The normalized spacial score (nSPS) is 17.4. The van der Waals surface area contributed by atoms with E-state index in [1.54, 1.807) is 0 Å². The number of piperidine rings is 1. The number of benzene rings is 2. The summed E-state index contributed by atoms with van der Waals surface area (Å²) in [6.45, 7) is 3.87. The quantitative estimate of drug-likeness (QED) is 0.639. The predicted octanol–water partition coefficient (Wildman–Crippen LogP) is 3.64. The summed E-state index contributed by atoms with van der Waals surface area (Å²) in [4.78, 5) is 19.4. The van der Waals surface area contributed by atoms with Crippen LogP contribution in [0.1, 0.15) is 31.2 Å². The monoisotopic (exact) mass is 390 g/mol. The molecule has 2 aromatic carbocycles. The fourth-order valence-corrected chi connectivity index (χ4v) is 4.24. The first-order valence-electron chi connectivity index (χ1n) is 10.7. The molecule has 0 bridgehead atoms. The van der Waals surface area contributed by atoms with Crippen molar-refractivity contribution in [3.63, 3.8) is 0 Å². The minimum Gasteiger partial charge on any atom is -0.352 e. The van der Waals surface area contributed by atoms with Gasteiger partial charge in [0.25, 0.3) is 0 Å². The zero-order valence-corrected chi connectivity index (χ0v) is 17.0. The Hall–Kier alpha value is -2.66. The number of nitrogens with zero attached hydrogens (tertiary/aromatic N) is 3. The summed E-state index contributed by atoms with van der Waals surface area (Å²) in [6.07, 6.45) is 6.83. The van der Waals surface area contributed by atoms with Gasteiger partial charge in [0.15, 0.2) is 0 Å². The largest absolute Gasteiger partial charge is 0.352 e. The number of likely N-dealkylation sites (tertiary alicyclic amines) is 1. The fourth-order valence-electron chi connectivity index (χ4n) is 4.24. The Balaban J connectivity index is 1.20. The average molecular weight is 391 g/mol. The van der Waals surface area contributed by atoms with Crippen LogP contribution in [-0.4, -0.2) is 46.0 Å². The van der Waals surface area contributed by atoms with E-state index in [2.05, 4.69) is 56.2 Å². The molecule has 0 spiro atoms. The first kappa shape index (κ1) is 19.6. The molecule has 1 amide bonds. The highest BCUT2D eigenvalue weighted by molar-refractivity contribution is 5.77. The molecule has 1 aliphatic rings. The highest BCUT2D eigenvalue weighted by Crippen LogP contribution is 2.14. The summed E-state index contributed by atoms with van der Waals surface area (Å²) < 4.78 is 2.06. The van der Waals surface area contributed by atoms with Gasteiger partial charge >= 0.3 is 0 Å². The molecule has 0 radical (unpaired) electrons. The van der Waals surface area contributed by atoms with E-state index >= 15 is 0 Å². The molecule has 29 heavy (non-hydrogen) atoms.